The highest BCUT2D eigenvalue weighted by molar-refractivity contribution is 7.13. The second kappa shape index (κ2) is 8.95. The van der Waals surface area contributed by atoms with Gasteiger partial charge >= 0.3 is 6.03 Å². The van der Waals surface area contributed by atoms with Gasteiger partial charge in [0.2, 0.25) is 5.91 Å². The number of carbonyl (C=O) groups excluding carboxylic acids is 2. The number of anilines is 2. The van der Waals surface area contributed by atoms with E-state index in [-0.39, 0.29) is 11.9 Å². The number of amides is 3. The Balaban J connectivity index is 1.52. The first-order chi connectivity index (χ1) is 13.1. The Kier molecular flexibility index (Phi) is 6.17. The van der Waals surface area contributed by atoms with Crippen LogP contribution in [0.4, 0.5) is 16.2 Å². The number of hydrogen-bond donors (Lipinski definition) is 3. The SMILES string of the molecule is CC(=O)Nc1cccc(-c2nc(CCNC(=O)Nc3ccccc3)cs2)c1. The Morgan fingerprint density at radius 2 is 1.78 bits per heavy atom. The second-order valence-electron chi connectivity index (χ2n) is 5.90. The van der Waals surface area contributed by atoms with Crippen LogP contribution in [0.1, 0.15) is 12.6 Å². The summed E-state index contributed by atoms with van der Waals surface area (Å²) in [7, 11) is 0. The minimum atomic E-state index is -0.236. The molecule has 3 N–H and O–H groups in total. The number of rotatable bonds is 6. The summed E-state index contributed by atoms with van der Waals surface area (Å²) < 4.78 is 0. The van der Waals surface area contributed by atoms with Gasteiger partial charge in [-0.15, -0.1) is 11.3 Å². The molecule has 0 radical (unpaired) electrons. The maximum absolute atomic E-state index is 11.9. The normalized spacial score (nSPS) is 10.3. The van der Waals surface area contributed by atoms with Crippen LogP contribution in [-0.4, -0.2) is 23.5 Å². The summed E-state index contributed by atoms with van der Waals surface area (Å²) in [6, 6.07) is 16.7. The van der Waals surface area contributed by atoms with Crippen molar-refractivity contribution in [2.45, 2.75) is 13.3 Å². The van der Waals surface area contributed by atoms with Crippen LogP contribution in [0.15, 0.2) is 60.0 Å². The lowest BCUT2D eigenvalue weighted by Gasteiger charge is -2.06. The average Bonchev–Trinajstić information content (AvgIpc) is 3.11. The van der Waals surface area contributed by atoms with E-state index < -0.39 is 0 Å². The Morgan fingerprint density at radius 1 is 1.00 bits per heavy atom. The van der Waals surface area contributed by atoms with Gasteiger partial charge in [-0.2, -0.15) is 0 Å². The van der Waals surface area contributed by atoms with Crippen molar-refractivity contribution in [3.63, 3.8) is 0 Å². The van der Waals surface area contributed by atoms with Gasteiger partial charge in [0.1, 0.15) is 5.01 Å². The van der Waals surface area contributed by atoms with Crippen molar-refractivity contribution in [3.05, 3.63) is 65.7 Å². The molecule has 6 nitrogen and oxygen atoms in total. The van der Waals surface area contributed by atoms with E-state index in [1.807, 2.05) is 60.0 Å². The highest BCUT2D eigenvalue weighted by atomic mass is 32.1. The quantitative estimate of drug-likeness (QED) is 0.601. The van der Waals surface area contributed by atoms with Gasteiger partial charge in [-0.3, -0.25) is 4.79 Å². The highest BCUT2D eigenvalue weighted by Crippen LogP contribution is 2.26. The zero-order valence-corrected chi connectivity index (χ0v) is 15.7. The number of hydrogen-bond acceptors (Lipinski definition) is 4. The summed E-state index contributed by atoms with van der Waals surface area (Å²) in [4.78, 5) is 27.7. The molecule has 0 saturated heterocycles. The maximum Gasteiger partial charge on any atom is 0.319 e. The smallest absolute Gasteiger partial charge is 0.319 e. The summed E-state index contributed by atoms with van der Waals surface area (Å²) in [6.45, 7) is 1.98. The van der Waals surface area contributed by atoms with E-state index in [1.165, 1.54) is 18.3 Å². The van der Waals surface area contributed by atoms with Crippen LogP contribution in [0.25, 0.3) is 10.6 Å². The summed E-state index contributed by atoms with van der Waals surface area (Å²) in [6.07, 6.45) is 0.643. The van der Waals surface area contributed by atoms with Crippen molar-refractivity contribution in [2.24, 2.45) is 0 Å². The lowest BCUT2D eigenvalue weighted by Crippen LogP contribution is -2.30. The third-order valence-electron chi connectivity index (χ3n) is 3.68. The fourth-order valence-corrected chi connectivity index (χ4v) is 3.34. The first kappa shape index (κ1) is 18.6. The molecule has 1 aromatic heterocycles. The molecule has 0 atom stereocenters. The van der Waals surface area contributed by atoms with Gasteiger partial charge in [-0.1, -0.05) is 30.3 Å². The third kappa shape index (κ3) is 5.65. The van der Waals surface area contributed by atoms with Crippen molar-refractivity contribution in [2.75, 3.05) is 17.2 Å². The van der Waals surface area contributed by atoms with Crippen LogP contribution in [0.2, 0.25) is 0 Å². The number of aromatic nitrogens is 1. The molecule has 3 aromatic rings. The standard InChI is InChI=1S/C20H20N4O2S/c1-14(25)22-17-9-5-6-15(12-17)19-23-18(13-27-19)10-11-21-20(26)24-16-7-3-2-4-8-16/h2-9,12-13H,10-11H2,1H3,(H,22,25)(H2,21,24,26). The van der Waals surface area contributed by atoms with Gasteiger partial charge in [0.25, 0.3) is 0 Å². The molecule has 7 heteroatoms. The molecule has 0 spiro atoms. The van der Waals surface area contributed by atoms with E-state index in [4.69, 9.17) is 0 Å². The van der Waals surface area contributed by atoms with Gasteiger partial charge in [-0.25, -0.2) is 9.78 Å². The van der Waals surface area contributed by atoms with Gasteiger partial charge < -0.3 is 16.0 Å². The minimum Gasteiger partial charge on any atom is -0.337 e. The van der Waals surface area contributed by atoms with E-state index in [1.54, 1.807) is 0 Å². The summed E-state index contributed by atoms with van der Waals surface area (Å²) in [5, 5.41) is 11.2. The van der Waals surface area contributed by atoms with E-state index in [0.29, 0.717) is 13.0 Å². The predicted octanol–water partition coefficient (Wildman–Crippen LogP) is 4.13. The zero-order chi connectivity index (χ0) is 19.1. The van der Waals surface area contributed by atoms with Gasteiger partial charge in [-0.05, 0) is 24.3 Å². The fourth-order valence-electron chi connectivity index (χ4n) is 2.49. The highest BCUT2D eigenvalue weighted by Gasteiger charge is 2.07. The van der Waals surface area contributed by atoms with Crippen LogP contribution in [0.5, 0.6) is 0 Å². The number of nitrogens with zero attached hydrogens (tertiary/aromatic N) is 1. The van der Waals surface area contributed by atoms with Crippen LogP contribution in [0, 0.1) is 0 Å². The van der Waals surface area contributed by atoms with Crippen LogP contribution in [0.3, 0.4) is 0 Å². The van der Waals surface area contributed by atoms with Gasteiger partial charge in [0.15, 0.2) is 0 Å². The molecular weight excluding hydrogens is 360 g/mol. The van der Waals surface area contributed by atoms with Crippen molar-refractivity contribution < 1.29 is 9.59 Å². The molecule has 0 saturated carbocycles. The molecule has 0 aliphatic carbocycles. The lowest BCUT2D eigenvalue weighted by molar-refractivity contribution is -0.114. The molecule has 138 valence electrons. The average molecular weight is 380 g/mol. The van der Waals surface area contributed by atoms with E-state index in [9.17, 15) is 9.59 Å². The molecule has 0 aliphatic rings. The van der Waals surface area contributed by atoms with Crippen LogP contribution >= 0.6 is 11.3 Å². The van der Waals surface area contributed by atoms with Gasteiger partial charge in [0.05, 0.1) is 5.69 Å². The molecule has 0 fully saturated rings. The Hall–Kier alpha value is -3.19. The summed E-state index contributed by atoms with van der Waals surface area (Å²) in [5.41, 5.74) is 3.37. The Bertz CT molecular complexity index is 924. The second-order valence-corrected chi connectivity index (χ2v) is 6.76. The molecule has 27 heavy (non-hydrogen) atoms. The third-order valence-corrected chi connectivity index (χ3v) is 4.62. The van der Waals surface area contributed by atoms with Gasteiger partial charge in [0, 0.05) is 42.2 Å². The summed E-state index contributed by atoms with van der Waals surface area (Å²) >= 11 is 1.54. The summed E-state index contributed by atoms with van der Waals surface area (Å²) in [5.74, 6) is -0.105. The molecule has 2 aromatic carbocycles. The largest absolute Gasteiger partial charge is 0.337 e. The Labute approximate surface area is 161 Å². The Morgan fingerprint density at radius 3 is 2.56 bits per heavy atom. The predicted molar refractivity (Wildman–Crippen MR) is 109 cm³/mol. The van der Waals surface area contributed by atoms with Crippen molar-refractivity contribution in [1.29, 1.82) is 0 Å². The number of benzene rings is 2. The van der Waals surface area contributed by atoms with Crippen LogP contribution in [-0.2, 0) is 11.2 Å². The van der Waals surface area contributed by atoms with E-state index >= 15 is 0 Å². The zero-order valence-electron chi connectivity index (χ0n) is 14.9. The first-order valence-corrected chi connectivity index (χ1v) is 9.40. The number of thiazole rings is 1. The molecule has 3 rings (SSSR count). The molecule has 1 heterocycles. The fraction of sp³-hybridized carbons (Fsp3) is 0.150. The van der Waals surface area contributed by atoms with Crippen LogP contribution < -0.4 is 16.0 Å². The monoisotopic (exact) mass is 380 g/mol. The number of para-hydroxylation sites is 1. The maximum atomic E-state index is 11.9. The first-order valence-electron chi connectivity index (χ1n) is 8.52. The molecule has 0 bridgehead atoms. The number of urea groups is 1. The van der Waals surface area contributed by atoms with Crippen molar-refractivity contribution >= 4 is 34.6 Å². The molecule has 0 unspecified atom stereocenters. The van der Waals surface area contributed by atoms with E-state index in [0.717, 1.165) is 27.6 Å². The van der Waals surface area contributed by atoms with Crippen molar-refractivity contribution in [1.82, 2.24) is 10.3 Å². The molecule has 3 amide bonds. The van der Waals surface area contributed by atoms with Crippen molar-refractivity contribution in [3.8, 4) is 10.6 Å². The minimum absolute atomic E-state index is 0.105. The number of nitrogens with one attached hydrogen (secondary N) is 3. The molecule has 0 aliphatic heterocycles. The lowest BCUT2D eigenvalue weighted by atomic mass is 10.2. The van der Waals surface area contributed by atoms with E-state index in [2.05, 4.69) is 20.9 Å². The topological polar surface area (TPSA) is 83.1 Å². The molecular formula is C20H20N4O2S. The number of carbonyl (C=O) groups is 2.